The number of carbonyl (C=O) groups excluding carboxylic acids is 3. The fourth-order valence-electron chi connectivity index (χ4n) is 3.52. The van der Waals surface area contributed by atoms with Crippen molar-refractivity contribution >= 4 is 34.8 Å². The van der Waals surface area contributed by atoms with Crippen molar-refractivity contribution in [3.8, 4) is 0 Å². The SMILES string of the molecule is C=C1c2ccccc2C(=O)N1CC(=O)Nc1cccc(N2CCCC2=O)c1. The Morgan fingerprint density at radius 1 is 1.07 bits per heavy atom. The summed E-state index contributed by atoms with van der Waals surface area (Å²) in [5, 5.41) is 2.80. The van der Waals surface area contributed by atoms with Gasteiger partial charge in [-0.15, -0.1) is 0 Å². The van der Waals surface area contributed by atoms with Crippen molar-refractivity contribution in [3.63, 3.8) is 0 Å². The van der Waals surface area contributed by atoms with Gasteiger partial charge in [-0.05, 0) is 30.7 Å². The minimum atomic E-state index is -0.317. The van der Waals surface area contributed by atoms with Gasteiger partial charge < -0.3 is 10.2 Å². The normalized spacial score (nSPS) is 16.1. The third-order valence-electron chi connectivity index (χ3n) is 4.86. The van der Waals surface area contributed by atoms with Crippen molar-refractivity contribution in [1.82, 2.24) is 4.90 Å². The molecule has 3 amide bonds. The van der Waals surface area contributed by atoms with E-state index in [2.05, 4.69) is 11.9 Å². The van der Waals surface area contributed by atoms with Crippen LogP contribution in [0.3, 0.4) is 0 Å². The smallest absolute Gasteiger partial charge is 0.259 e. The van der Waals surface area contributed by atoms with Crippen LogP contribution in [0.25, 0.3) is 5.70 Å². The Labute approximate surface area is 157 Å². The van der Waals surface area contributed by atoms with Crippen LogP contribution in [0.4, 0.5) is 11.4 Å². The van der Waals surface area contributed by atoms with E-state index in [1.165, 1.54) is 4.90 Å². The van der Waals surface area contributed by atoms with E-state index in [0.717, 1.165) is 17.7 Å². The topological polar surface area (TPSA) is 69.7 Å². The van der Waals surface area contributed by atoms with Crippen molar-refractivity contribution in [3.05, 3.63) is 66.2 Å². The monoisotopic (exact) mass is 361 g/mol. The van der Waals surface area contributed by atoms with Crippen LogP contribution in [-0.4, -0.2) is 35.7 Å². The molecule has 6 nitrogen and oxygen atoms in total. The lowest BCUT2D eigenvalue weighted by Crippen LogP contribution is -2.32. The third kappa shape index (κ3) is 3.10. The Hall–Kier alpha value is -3.41. The maximum atomic E-state index is 12.5. The van der Waals surface area contributed by atoms with Gasteiger partial charge in [-0.25, -0.2) is 0 Å². The van der Waals surface area contributed by atoms with E-state index in [1.54, 1.807) is 35.2 Å². The van der Waals surface area contributed by atoms with Crippen LogP contribution < -0.4 is 10.2 Å². The molecule has 0 aliphatic carbocycles. The molecule has 2 aromatic carbocycles. The molecule has 4 rings (SSSR count). The van der Waals surface area contributed by atoms with Gasteiger partial charge >= 0.3 is 0 Å². The number of amides is 3. The van der Waals surface area contributed by atoms with Crippen molar-refractivity contribution in [1.29, 1.82) is 0 Å². The Morgan fingerprint density at radius 2 is 1.85 bits per heavy atom. The van der Waals surface area contributed by atoms with Gasteiger partial charge in [-0.2, -0.15) is 0 Å². The summed E-state index contributed by atoms with van der Waals surface area (Å²) in [6.07, 6.45) is 1.39. The Morgan fingerprint density at radius 3 is 2.56 bits per heavy atom. The molecule has 27 heavy (non-hydrogen) atoms. The highest BCUT2D eigenvalue weighted by Crippen LogP contribution is 2.31. The largest absolute Gasteiger partial charge is 0.324 e. The molecule has 0 saturated carbocycles. The van der Waals surface area contributed by atoms with Crippen LogP contribution >= 0.6 is 0 Å². The quantitative estimate of drug-likeness (QED) is 0.910. The summed E-state index contributed by atoms with van der Waals surface area (Å²) in [7, 11) is 0. The van der Waals surface area contributed by atoms with Gasteiger partial charge in [0.25, 0.3) is 5.91 Å². The molecule has 2 aliphatic heterocycles. The molecule has 1 N–H and O–H groups in total. The maximum Gasteiger partial charge on any atom is 0.259 e. The average Bonchev–Trinajstić information content (AvgIpc) is 3.20. The first-order chi connectivity index (χ1) is 13.0. The molecule has 0 atom stereocenters. The van der Waals surface area contributed by atoms with Crippen LogP contribution in [0.2, 0.25) is 0 Å². The van der Waals surface area contributed by atoms with Crippen molar-refractivity contribution < 1.29 is 14.4 Å². The van der Waals surface area contributed by atoms with E-state index in [0.29, 0.717) is 29.9 Å². The van der Waals surface area contributed by atoms with Crippen LogP contribution in [-0.2, 0) is 9.59 Å². The van der Waals surface area contributed by atoms with E-state index in [1.807, 2.05) is 18.2 Å². The van der Waals surface area contributed by atoms with Crippen molar-refractivity contribution in [2.75, 3.05) is 23.3 Å². The molecule has 0 radical (unpaired) electrons. The van der Waals surface area contributed by atoms with Gasteiger partial charge in [0.2, 0.25) is 11.8 Å². The molecule has 0 spiro atoms. The summed E-state index contributed by atoms with van der Waals surface area (Å²) in [6, 6.07) is 14.4. The summed E-state index contributed by atoms with van der Waals surface area (Å²) in [6.45, 7) is 4.52. The van der Waals surface area contributed by atoms with Crippen LogP contribution in [0, 0.1) is 0 Å². The van der Waals surface area contributed by atoms with Crippen molar-refractivity contribution in [2.24, 2.45) is 0 Å². The highest BCUT2D eigenvalue weighted by atomic mass is 16.2. The van der Waals surface area contributed by atoms with E-state index in [9.17, 15) is 14.4 Å². The number of nitrogens with zero attached hydrogens (tertiary/aromatic N) is 2. The van der Waals surface area contributed by atoms with Gasteiger partial charge in [0.05, 0.1) is 0 Å². The molecule has 1 saturated heterocycles. The second kappa shape index (κ2) is 6.72. The number of hydrogen-bond acceptors (Lipinski definition) is 3. The van der Waals surface area contributed by atoms with Gasteiger partial charge in [0, 0.05) is 41.2 Å². The third-order valence-corrected chi connectivity index (χ3v) is 4.86. The summed E-state index contributed by atoms with van der Waals surface area (Å²) in [5.41, 5.74) is 3.20. The van der Waals surface area contributed by atoms with E-state index in [4.69, 9.17) is 0 Å². The Kier molecular flexibility index (Phi) is 4.24. The minimum absolute atomic E-state index is 0.0928. The highest BCUT2D eigenvalue weighted by Gasteiger charge is 2.31. The highest BCUT2D eigenvalue weighted by molar-refractivity contribution is 6.11. The lowest BCUT2D eigenvalue weighted by molar-refractivity contribution is -0.117. The predicted molar refractivity (Wildman–Crippen MR) is 103 cm³/mol. The zero-order valence-corrected chi connectivity index (χ0v) is 14.8. The fraction of sp³-hybridized carbons (Fsp3) is 0.190. The second-order valence-corrected chi connectivity index (χ2v) is 6.63. The average molecular weight is 361 g/mol. The zero-order chi connectivity index (χ0) is 19.0. The van der Waals surface area contributed by atoms with Crippen LogP contribution in [0.1, 0.15) is 28.8 Å². The molecule has 2 heterocycles. The predicted octanol–water partition coefficient (Wildman–Crippen LogP) is 2.88. The first-order valence-corrected chi connectivity index (χ1v) is 8.85. The number of benzene rings is 2. The fourth-order valence-corrected chi connectivity index (χ4v) is 3.52. The summed E-state index contributed by atoms with van der Waals surface area (Å²) in [5.74, 6) is -0.445. The lowest BCUT2D eigenvalue weighted by atomic mass is 10.1. The molecule has 136 valence electrons. The first kappa shape index (κ1) is 17.0. The number of fused-ring (bicyclic) bond motifs is 1. The molecular formula is C21H19N3O3. The van der Waals surface area contributed by atoms with Gasteiger partial charge in [0.15, 0.2) is 0 Å². The number of rotatable bonds is 4. The van der Waals surface area contributed by atoms with Crippen molar-refractivity contribution in [2.45, 2.75) is 12.8 Å². The number of nitrogens with one attached hydrogen (secondary N) is 1. The first-order valence-electron chi connectivity index (χ1n) is 8.85. The lowest BCUT2D eigenvalue weighted by Gasteiger charge is -2.19. The molecule has 0 bridgehead atoms. The van der Waals surface area contributed by atoms with E-state index in [-0.39, 0.29) is 24.3 Å². The summed E-state index contributed by atoms with van der Waals surface area (Å²) in [4.78, 5) is 40.0. The molecule has 2 aromatic rings. The molecule has 0 aromatic heterocycles. The maximum absolute atomic E-state index is 12.5. The second-order valence-electron chi connectivity index (χ2n) is 6.63. The molecule has 1 fully saturated rings. The van der Waals surface area contributed by atoms with E-state index < -0.39 is 0 Å². The number of anilines is 2. The van der Waals surface area contributed by atoms with Gasteiger partial charge in [0.1, 0.15) is 6.54 Å². The number of hydrogen-bond donors (Lipinski definition) is 1. The number of carbonyl (C=O) groups is 3. The molecule has 6 heteroatoms. The summed E-state index contributed by atoms with van der Waals surface area (Å²) >= 11 is 0. The van der Waals surface area contributed by atoms with Crippen LogP contribution in [0.5, 0.6) is 0 Å². The van der Waals surface area contributed by atoms with Gasteiger partial charge in [-0.1, -0.05) is 30.8 Å². The molecule has 0 unspecified atom stereocenters. The summed E-state index contributed by atoms with van der Waals surface area (Å²) < 4.78 is 0. The molecule has 2 aliphatic rings. The van der Waals surface area contributed by atoms with Gasteiger partial charge in [-0.3, -0.25) is 19.3 Å². The standard InChI is InChI=1S/C21H19N3O3/c1-14-17-8-2-3-9-18(17)21(27)24(14)13-19(25)22-15-6-4-7-16(12-15)23-11-5-10-20(23)26/h2-4,6-9,12H,1,5,10-11,13H2,(H,22,25). The Balaban J connectivity index is 1.46. The van der Waals surface area contributed by atoms with Crippen LogP contribution in [0.15, 0.2) is 55.1 Å². The molecular weight excluding hydrogens is 342 g/mol. The minimum Gasteiger partial charge on any atom is -0.324 e. The zero-order valence-electron chi connectivity index (χ0n) is 14.8. The van der Waals surface area contributed by atoms with E-state index >= 15 is 0 Å². The Bertz CT molecular complexity index is 932.